The monoisotopic (exact) mass is 288 g/mol. The number of aliphatic hydroxyl groups excluding tert-OH is 1. The van der Waals surface area contributed by atoms with E-state index in [1.165, 1.54) is 5.56 Å². The number of aliphatic hydroxyl groups is 1. The van der Waals surface area contributed by atoms with Crippen LogP contribution in [0.25, 0.3) is 0 Å². The van der Waals surface area contributed by atoms with Gasteiger partial charge in [-0.3, -0.25) is 0 Å². The highest BCUT2D eigenvalue weighted by molar-refractivity contribution is 6.30. The van der Waals surface area contributed by atoms with E-state index in [0.29, 0.717) is 24.0 Å². The van der Waals surface area contributed by atoms with Gasteiger partial charge in [0.1, 0.15) is 5.75 Å². The lowest BCUT2D eigenvalue weighted by Gasteiger charge is -2.27. The Morgan fingerprint density at radius 1 is 1.20 bits per heavy atom. The molecule has 3 heteroatoms. The minimum atomic E-state index is -0.496. The number of hydrogen-bond acceptors (Lipinski definition) is 2. The van der Waals surface area contributed by atoms with Crippen LogP contribution in [-0.2, 0) is 0 Å². The molecule has 0 bridgehead atoms. The van der Waals surface area contributed by atoms with Gasteiger partial charge in [0.25, 0.3) is 0 Å². The lowest BCUT2D eigenvalue weighted by molar-refractivity contribution is 0.145. The Hall–Kier alpha value is -1.51. The summed E-state index contributed by atoms with van der Waals surface area (Å²) in [6, 6.07) is 15.5. The second-order valence-electron chi connectivity index (χ2n) is 5.18. The number of rotatable bonds is 3. The number of hydrogen-bond donors (Lipinski definition) is 1. The Bertz CT molecular complexity index is 597. The maximum Gasteiger partial charge on any atom is 0.122 e. The Labute approximate surface area is 124 Å². The van der Waals surface area contributed by atoms with Crippen molar-refractivity contribution in [2.45, 2.75) is 24.9 Å². The van der Waals surface area contributed by atoms with Gasteiger partial charge in [-0.2, -0.15) is 0 Å². The minimum absolute atomic E-state index is 0.328. The number of halogens is 1. The van der Waals surface area contributed by atoms with Crippen molar-refractivity contribution in [2.24, 2.45) is 0 Å². The molecule has 0 fully saturated rings. The largest absolute Gasteiger partial charge is 0.493 e. The highest BCUT2D eigenvalue weighted by atomic mass is 35.5. The second-order valence-corrected chi connectivity index (χ2v) is 5.61. The molecule has 104 valence electrons. The zero-order valence-electron chi connectivity index (χ0n) is 11.1. The first kappa shape index (κ1) is 13.5. The summed E-state index contributed by atoms with van der Waals surface area (Å²) in [4.78, 5) is 0. The topological polar surface area (TPSA) is 29.5 Å². The molecule has 2 aromatic rings. The number of fused-ring (bicyclic) bond motifs is 1. The van der Waals surface area contributed by atoms with Crippen LogP contribution in [-0.4, -0.2) is 11.7 Å². The van der Waals surface area contributed by atoms with Crippen molar-refractivity contribution in [1.82, 2.24) is 0 Å². The summed E-state index contributed by atoms with van der Waals surface area (Å²) in [5.41, 5.74) is 2.07. The van der Waals surface area contributed by atoms with Crippen LogP contribution < -0.4 is 4.74 Å². The van der Waals surface area contributed by atoms with E-state index in [9.17, 15) is 5.11 Å². The first-order valence-electron chi connectivity index (χ1n) is 6.89. The molecule has 1 heterocycles. The van der Waals surface area contributed by atoms with E-state index in [1.807, 2.05) is 42.5 Å². The summed E-state index contributed by atoms with van der Waals surface area (Å²) in [7, 11) is 0. The normalized spacial score (nSPS) is 19.0. The molecule has 1 N–H and O–H groups in total. The fraction of sp³-hybridized carbons (Fsp3) is 0.294. The van der Waals surface area contributed by atoms with Gasteiger partial charge < -0.3 is 9.84 Å². The smallest absolute Gasteiger partial charge is 0.122 e. The van der Waals surface area contributed by atoms with Crippen molar-refractivity contribution in [3.05, 3.63) is 64.7 Å². The van der Waals surface area contributed by atoms with Crippen molar-refractivity contribution >= 4 is 11.6 Å². The summed E-state index contributed by atoms with van der Waals surface area (Å²) in [5, 5.41) is 11.1. The van der Waals surface area contributed by atoms with Crippen molar-refractivity contribution in [2.75, 3.05) is 6.61 Å². The van der Waals surface area contributed by atoms with Crippen molar-refractivity contribution in [3.8, 4) is 5.75 Å². The van der Waals surface area contributed by atoms with Gasteiger partial charge in [-0.15, -0.1) is 0 Å². The maximum atomic E-state index is 10.4. The Balaban J connectivity index is 1.79. The van der Waals surface area contributed by atoms with Gasteiger partial charge in [0, 0.05) is 5.02 Å². The summed E-state index contributed by atoms with van der Waals surface area (Å²) in [5.74, 6) is 1.27. The molecule has 0 aliphatic carbocycles. The van der Waals surface area contributed by atoms with Crippen LogP contribution in [0, 0.1) is 0 Å². The van der Waals surface area contributed by atoms with Gasteiger partial charge in [0.15, 0.2) is 0 Å². The van der Waals surface area contributed by atoms with E-state index in [1.54, 1.807) is 0 Å². The molecule has 0 saturated heterocycles. The third kappa shape index (κ3) is 2.82. The molecular weight excluding hydrogens is 272 g/mol. The number of ether oxygens (including phenoxy) is 1. The lowest BCUT2D eigenvalue weighted by atomic mass is 9.86. The van der Waals surface area contributed by atoms with Gasteiger partial charge in [-0.25, -0.2) is 0 Å². The fourth-order valence-electron chi connectivity index (χ4n) is 2.78. The maximum absolute atomic E-state index is 10.4. The molecule has 2 atom stereocenters. The average Bonchev–Trinajstić information content (AvgIpc) is 2.47. The molecule has 20 heavy (non-hydrogen) atoms. The molecule has 1 aliphatic heterocycles. The highest BCUT2D eigenvalue weighted by Gasteiger charge is 2.24. The predicted octanol–water partition coefficient (Wildman–Crippen LogP) is 4.33. The number of benzene rings is 2. The summed E-state index contributed by atoms with van der Waals surface area (Å²) in [6.07, 6.45) is 1.14. The summed E-state index contributed by atoms with van der Waals surface area (Å²) in [6.45, 7) is 0.712. The summed E-state index contributed by atoms with van der Waals surface area (Å²) >= 11 is 5.98. The lowest BCUT2D eigenvalue weighted by Crippen LogP contribution is -2.16. The molecular formula is C17H17ClO2. The fourth-order valence-corrected chi connectivity index (χ4v) is 2.98. The highest BCUT2D eigenvalue weighted by Crippen LogP contribution is 2.38. The molecule has 0 spiro atoms. The Morgan fingerprint density at radius 2 is 2.05 bits per heavy atom. The molecule has 0 amide bonds. The van der Waals surface area contributed by atoms with Crippen molar-refractivity contribution in [1.29, 1.82) is 0 Å². The van der Waals surface area contributed by atoms with Crippen molar-refractivity contribution < 1.29 is 9.84 Å². The van der Waals surface area contributed by atoms with Crippen LogP contribution in [0.2, 0.25) is 5.02 Å². The number of para-hydroxylation sites is 1. The zero-order chi connectivity index (χ0) is 13.9. The third-order valence-electron chi connectivity index (χ3n) is 3.82. The van der Waals surface area contributed by atoms with Gasteiger partial charge in [0.05, 0.1) is 12.7 Å². The minimum Gasteiger partial charge on any atom is -0.493 e. The van der Waals surface area contributed by atoms with Gasteiger partial charge in [-0.05, 0) is 48.1 Å². The van der Waals surface area contributed by atoms with Crippen LogP contribution in [0.1, 0.15) is 36.0 Å². The van der Waals surface area contributed by atoms with Crippen molar-refractivity contribution in [3.63, 3.8) is 0 Å². The SMILES string of the molecule is OC(CC1CCOc2ccccc21)c1cccc(Cl)c1. The first-order valence-corrected chi connectivity index (χ1v) is 7.27. The van der Waals surface area contributed by atoms with Gasteiger partial charge >= 0.3 is 0 Å². The average molecular weight is 289 g/mol. The van der Waals surface area contributed by atoms with E-state index < -0.39 is 6.10 Å². The summed E-state index contributed by atoms with van der Waals surface area (Å²) < 4.78 is 5.66. The second kappa shape index (κ2) is 5.86. The molecule has 2 unspecified atom stereocenters. The zero-order valence-corrected chi connectivity index (χ0v) is 11.9. The molecule has 0 radical (unpaired) electrons. The van der Waals surface area contributed by atoms with E-state index in [4.69, 9.17) is 16.3 Å². The Kier molecular flexibility index (Phi) is 3.95. The van der Waals surface area contributed by atoms with Crippen LogP contribution in [0.4, 0.5) is 0 Å². The molecule has 3 rings (SSSR count). The molecule has 1 aliphatic rings. The Morgan fingerprint density at radius 3 is 2.90 bits per heavy atom. The van der Waals surface area contributed by atoms with E-state index in [0.717, 1.165) is 17.7 Å². The molecule has 2 nitrogen and oxygen atoms in total. The van der Waals surface area contributed by atoms with E-state index in [2.05, 4.69) is 6.07 Å². The van der Waals surface area contributed by atoms with E-state index in [-0.39, 0.29) is 0 Å². The quantitative estimate of drug-likeness (QED) is 0.911. The third-order valence-corrected chi connectivity index (χ3v) is 4.06. The van der Waals surface area contributed by atoms with Gasteiger partial charge in [-0.1, -0.05) is 41.9 Å². The first-order chi connectivity index (χ1) is 9.74. The molecule has 2 aromatic carbocycles. The standard InChI is InChI=1S/C17H17ClO2/c18-14-5-3-4-13(10-14)16(19)11-12-8-9-20-17-7-2-1-6-15(12)17/h1-7,10,12,16,19H,8-9,11H2. The molecule has 0 saturated carbocycles. The van der Waals surface area contributed by atoms with Crippen LogP contribution >= 0.6 is 11.6 Å². The van der Waals surface area contributed by atoms with Gasteiger partial charge in [0.2, 0.25) is 0 Å². The van der Waals surface area contributed by atoms with Crippen LogP contribution in [0.3, 0.4) is 0 Å². The van der Waals surface area contributed by atoms with E-state index >= 15 is 0 Å². The van der Waals surface area contributed by atoms with Crippen LogP contribution in [0.5, 0.6) is 5.75 Å². The predicted molar refractivity (Wildman–Crippen MR) is 80.3 cm³/mol. The van der Waals surface area contributed by atoms with Crippen LogP contribution in [0.15, 0.2) is 48.5 Å². The molecule has 0 aromatic heterocycles.